The summed E-state index contributed by atoms with van der Waals surface area (Å²) in [5, 5.41) is 21.0. The summed E-state index contributed by atoms with van der Waals surface area (Å²) in [5.74, 6) is 0. The second-order valence-corrected chi connectivity index (χ2v) is 3.77. The van der Waals surface area contributed by atoms with Crippen molar-refractivity contribution in [1.82, 2.24) is 5.32 Å². The topological polar surface area (TPSA) is 61.7 Å². The van der Waals surface area contributed by atoms with E-state index in [9.17, 15) is 0 Å². The molecule has 0 rings (SSSR count). The molecule has 0 heterocycles. The zero-order valence-electron chi connectivity index (χ0n) is 9.25. The number of hydrogen-bond donors (Lipinski definition) is 3. The summed E-state index contributed by atoms with van der Waals surface area (Å²) in [4.78, 5) is 0. The van der Waals surface area contributed by atoms with Crippen LogP contribution in [-0.4, -0.2) is 48.7 Å². The van der Waals surface area contributed by atoms with Crippen LogP contribution in [0.4, 0.5) is 0 Å². The molecule has 0 amide bonds. The van der Waals surface area contributed by atoms with Gasteiger partial charge in [0.15, 0.2) is 0 Å². The van der Waals surface area contributed by atoms with E-state index in [-0.39, 0.29) is 13.2 Å². The van der Waals surface area contributed by atoms with Gasteiger partial charge in [-0.15, -0.1) is 0 Å². The maximum Gasteiger partial charge on any atom is 0.0633 e. The Balaban J connectivity index is 3.34. The minimum atomic E-state index is -0.589. The fourth-order valence-electron chi connectivity index (χ4n) is 0.935. The normalized spacial score (nSPS) is 12.0. The van der Waals surface area contributed by atoms with Crippen LogP contribution in [0.3, 0.4) is 0 Å². The smallest absolute Gasteiger partial charge is 0.0633 e. The maximum absolute atomic E-state index is 8.96. The molecule has 0 aromatic heterocycles. The number of rotatable bonds is 9. The quantitative estimate of drug-likeness (QED) is 0.468. The minimum absolute atomic E-state index is 0.0710. The molecule has 0 radical (unpaired) electrons. The van der Waals surface area contributed by atoms with Gasteiger partial charge in [0.05, 0.1) is 25.4 Å². The zero-order valence-corrected chi connectivity index (χ0v) is 9.25. The van der Waals surface area contributed by atoms with Gasteiger partial charge in [-0.05, 0) is 13.3 Å². The van der Waals surface area contributed by atoms with E-state index >= 15 is 0 Å². The summed E-state index contributed by atoms with van der Waals surface area (Å²) in [6.45, 7) is 5.82. The molecule has 0 aromatic rings. The van der Waals surface area contributed by atoms with Crippen LogP contribution in [0.1, 0.15) is 26.7 Å². The number of unbranched alkanes of at least 4 members (excludes halogenated alkanes) is 1. The van der Waals surface area contributed by atoms with Crippen LogP contribution in [0.15, 0.2) is 0 Å². The van der Waals surface area contributed by atoms with Crippen LogP contribution in [0.5, 0.6) is 0 Å². The molecule has 0 spiro atoms. The Labute approximate surface area is 86.3 Å². The lowest BCUT2D eigenvalue weighted by atomic mass is 10.1. The van der Waals surface area contributed by atoms with E-state index < -0.39 is 5.54 Å². The predicted octanol–water partition coefficient (Wildman–Crippen LogP) is 0.136. The first-order chi connectivity index (χ1) is 6.68. The Kier molecular flexibility index (Phi) is 8.08. The molecule has 3 N–H and O–H groups in total. The molecule has 0 unspecified atom stereocenters. The molecule has 0 aliphatic carbocycles. The van der Waals surface area contributed by atoms with Gasteiger partial charge >= 0.3 is 0 Å². The van der Waals surface area contributed by atoms with Crippen molar-refractivity contribution in [3.8, 4) is 0 Å². The summed E-state index contributed by atoms with van der Waals surface area (Å²) >= 11 is 0. The average molecular weight is 205 g/mol. The van der Waals surface area contributed by atoms with E-state index in [0.717, 1.165) is 19.4 Å². The Morgan fingerprint density at radius 3 is 2.36 bits per heavy atom. The highest BCUT2D eigenvalue weighted by Crippen LogP contribution is 1.99. The Morgan fingerprint density at radius 2 is 1.86 bits per heavy atom. The van der Waals surface area contributed by atoms with Crippen molar-refractivity contribution in [2.45, 2.75) is 32.2 Å². The minimum Gasteiger partial charge on any atom is -0.394 e. The van der Waals surface area contributed by atoms with E-state index in [1.165, 1.54) is 0 Å². The molecule has 0 bridgehead atoms. The SMILES string of the molecule is CCCCOCCNC(C)(CO)CO. The van der Waals surface area contributed by atoms with Gasteiger partial charge in [0.2, 0.25) is 0 Å². The van der Waals surface area contributed by atoms with Crippen LogP contribution < -0.4 is 5.32 Å². The second kappa shape index (κ2) is 8.17. The highest BCUT2D eigenvalue weighted by atomic mass is 16.5. The zero-order chi connectivity index (χ0) is 10.9. The number of ether oxygens (including phenoxy) is 1. The number of hydrogen-bond acceptors (Lipinski definition) is 4. The first-order valence-corrected chi connectivity index (χ1v) is 5.23. The molecule has 4 heteroatoms. The van der Waals surface area contributed by atoms with Crippen molar-refractivity contribution < 1.29 is 14.9 Å². The van der Waals surface area contributed by atoms with E-state index in [4.69, 9.17) is 14.9 Å². The predicted molar refractivity (Wildman–Crippen MR) is 56.3 cm³/mol. The number of aliphatic hydroxyl groups is 2. The van der Waals surface area contributed by atoms with Crippen molar-refractivity contribution in [3.63, 3.8) is 0 Å². The van der Waals surface area contributed by atoms with Gasteiger partial charge in [-0.3, -0.25) is 0 Å². The van der Waals surface area contributed by atoms with Gasteiger partial charge in [0, 0.05) is 13.2 Å². The Morgan fingerprint density at radius 1 is 1.21 bits per heavy atom. The van der Waals surface area contributed by atoms with Crippen LogP contribution >= 0.6 is 0 Å². The number of nitrogens with one attached hydrogen (secondary N) is 1. The van der Waals surface area contributed by atoms with Crippen LogP contribution in [0.25, 0.3) is 0 Å². The molecular formula is C10H23NO3. The Hall–Kier alpha value is -0.160. The molecule has 0 fully saturated rings. The lowest BCUT2D eigenvalue weighted by Gasteiger charge is -2.26. The highest BCUT2D eigenvalue weighted by molar-refractivity contribution is 4.80. The molecule has 86 valence electrons. The molecule has 0 aromatic carbocycles. The molecule has 14 heavy (non-hydrogen) atoms. The summed E-state index contributed by atoms with van der Waals surface area (Å²) in [6, 6.07) is 0. The van der Waals surface area contributed by atoms with Gasteiger partial charge in [-0.1, -0.05) is 13.3 Å². The van der Waals surface area contributed by atoms with Crippen LogP contribution in [0, 0.1) is 0 Å². The van der Waals surface area contributed by atoms with Gasteiger partial charge in [-0.2, -0.15) is 0 Å². The molecular weight excluding hydrogens is 182 g/mol. The first kappa shape index (κ1) is 13.8. The van der Waals surface area contributed by atoms with E-state index in [1.54, 1.807) is 6.92 Å². The highest BCUT2D eigenvalue weighted by Gasteiger charge is 2.20. The van der Waals surface area contributed by atoms with E-state index in [1.807, 2.05) is 0 Å². The third-order valence-corrected chi connectivity index (χ3v) is 2.14. The maximum atomic E-state index is 8.96. The van der Waals surface area contributed by atoms with Crippen molar-refractivity contribution in [1.29, 1.82) is 0 Å². The Bertz CT molecular complexity index is 127. The van der Waals surface area contributed by atoms with Gasteiger partial charge < -0.3 is 20.3 Å². The summed E-state index contributed by atoms with van der Waals surface area (Å²) in [5.41, 5.74) is -0.589. The molecule has 0 aliphatic heterocycles. The van der Waals surface area contributed by atoms with Crippen LogP contribution in [0.2, 0.25) is 0 Å². The van der Waals surface area contributed by atoms with Crippen molar-refractivity contribution >= 4 is 0 Å². The van der Waals surface area contributed by atoms with Crippen molar-refractivity contribution in [2.75, 3.05) is 33.0 Å². The lowest BCUT2D eigenvalue weighted by Crippen LogP contribution is -2.50. The molecule has 0 aliphatic rings. The van der Waals surface area contributed by atoms with Gasteiger partial charge in [0.25, 0.3) is 0 Å². The third kappa shape index (κ3) is 6.32. The second-order valence-electron chi connectivity index (χ2n) is 3.77. The standard InChI is InChI=1S/C10H23NO3/c1-3-4-6-14-7-5-11-10(2,8-12)9-13/h11-13H,3-9H2,1-2H3. The monoisotopic (exact) mass is 205 g/mol. The van der Waals surface area contributed by atoms with Gasteiger partial charge in [-0.25, -0.2) is 0 Å². The van der Waals surface area contributed by atoms with E-state index in [2.05, 4.69) is 12.2 Å². The molecule has 0 saturated heterocycles. The molecule has 4 nitrogen and oxygen atoms in total. The van der Waals surface area contributed by atoms with Crippen LogP contribution in [-0.2, 0) is 4.74 Å². The van der Waals surface area contributed by atoms with Crippen molar-refractivity contribution in [3.05, 3.63) is 0 Å². The summed E-state index contributed by atoms with van der Waals surface area (Å²) < 4.78 is 5.33. The number of aliphatic hydroxyl groups excluding tert-OH is 2. The fraction of sp³-hybridized carbons (Fsp3) is 1.00. The molecule has 0 atom stereocenters. The molecule has 0 saturated carbocycles. The average Bonchev–Trinajstić information content (AvgIpc) is 2.23. The van der Waals surface area contributed by atoms with E-state index in [0.29, 0.717) is 13.2 Å². The summed E-state index contributed by atoms with van der Waals surface area (Å²) in [7, 11) is 0. The first-order valence-electron chi connectivity index (χ1n) is 5.23. The third-order valence-electron chi connectivity index (χ3n) is 2.14. The largest absolute Gasteiger partial charge is 0.394 e. The van der Waals surface area contributed by atoms with Crippen molar-refractivity contribution in [2.24, 2.45) is 0 Å². The van der Waals surface area contributed by atoms with Gasteiger partial charge in [0.1, 0.15) is 0 Å². The lowest BCUT2D eigenvalue weighted by molar-refractivity contribution is 0.0841. The summed E-state index contributed by atoms with van der Waals surface area (Å²) in [6.07, 6.45) is 2.22. The fourth-order valence-corrected chi connectivity index (χ4v) is 0.935.